The topological polar surface area (TPSA) is 29.9 Å². The number of rotatable bonds is 4. The van der Waals surface area contributed by atoms with Crippen LogP contribution in [0, 0.1) is 12.7 Å². The first kappa shape index (κ1) is 14.1. The van der Waals surface area contributed by atoms with E-state index in [9.17, 15) is 4.39 Å². The smallest absolute Gasteiger partial charge is 0.203 e. The maximum Gasteiger partial charge on any atom is 0.203 e. The van der Waals surface area contributed by atoms with Gasteiger partial charge in [0, 0.05) is 12.2 Å². The van der Waals surface area contributed by atoms with Crippen LogP contribution in [0.3, 0.4) is 0 Å². The van der Waals surface area contributed by atoms with Crippen LogP contribution < -0.4 is 5.32 Å². The Morgan fingerprint density at radius 3 is 2.62 bits per heavy atom. The van der Waals surface area contributed by atoms with Gasteiger partial charge in [-0.2, -0.15) is 0 Å². The van der Waals surface area contributed by atoms with Crippen LogP contribution in [0.4, 0.5) is 10.3 Å². The van der Waals surface area contributed by atoms with Gasteiger partial charge in [0.2, 0.25) is 5.95 Å². The fourth-order valence-corrected chi connectivity index (χ4v) is 3.00. The first-order chi connectivity index (χ1) is 10.2. The molecule has 21 heavy (non-hydrogen) atoms. The highest BCUT2D eigenvalue weighted by atomic mass is 19.1. The summed E-state index contributed by atoms with van der Waals surface area (Å²) < 4.78 is 15.1. The first-order valence-corrected chi connectivity index (χ1v) is 7.75. The van der Waals surface area contributed by atoms with E-state index in [4.69, 9.17) is 0 Å². The number of benzene rings is 1. The molecule has 1 aliphatic rings. The highest BCUT2D eigenvalue weighted by molar-refractivity contribution is 5.32. The van der Waals surface area contributed by atoms with Gasteiger partial charge in [-0.3, -0.25) is 0 Å². The minimum Gasteiger partial charge on any atom is -0.353 e. The maximum atomic E-state index is 13.0. The number of nitrogens with one attached hydrogen (secondary N) is 1. The van der Waals surface area contributed by atoms with Crippen LogP contribution in [0.25, 0.3) is 0 Å². The van der Waals surface area contributed by atoms with Gasteiger partial charge in [-0.05, 0) is 37.5 Å². The Hall–Kier alpha value is -1.84. The normalized spacial score (nSPS) is 16.1. The fourth-order valence-electron chi connectivity index (χ4n) is 3.00. The summed E-state index contributed by atoms with van der Waals surface area (Å²) in [7, 11) is 0. The molecule has 0 aliphatic heterocycles. The lowest BCUT2D eigenvalue weighted by atomic mass is 9.96. The van der Waals surface area contributed by atoms with E-state index in [0.717, 1.165) is 23.8 Å². The molecule has 1 aromatic carbocycles. The molecule has 0 amide bonds. The number of imidazole rings is 1. The van der Waals surface area contributed by atoms with E-state index < -0.39 is 0 Å². The van der Waals surface area contributed by atoms with Gasteiger partial charge < -0.3 is 9.88 Å². The Labute approximate surface area is 125 Å². The zero-order chi connectivity index (χ0) is 14.7. The molecule has 1 aliphatic carbocycles. The standard InChI is InChI=1S/C17H22FN3/c1-13-11-21(12-14-7-9-15(18)10-8-14)17(19-13)20-16-5-3-2-4-6-16/h7-11,16H,2-6,12H2,1H3,(H,19,20). The largest absolute Gasteiger partial charge is 0.353 e. The van der Waals surface area contributed by atoms with Crippen molar-refractivity contribution in [1.82, 2.24) is 9.55 Å². The fraction of sp³-hybridized carbons (Fsp3) is 0.471. The average Bonchev–Trinajstić information content (AvgIpc) is 2.82. The molecular formula is C17H22FN3. The molecular weight excluding hydrogens is 265 g/mol. The zero-order valence-corrected chi connectivity index (χ0v) is 12.5. The molecule has 1 heterocycles. The average molecular weight is 287 g/mol. The van der Waals surface area contributed by atoms with Crippen molar-refractivity contribution in [1.29, 1.82) is 0 Å². The Kier molecular flexibility index (Phi) is 4.23. The number of halogens is 1. The van der Waals surface area contributed by atoms with Crippen LogP contribution >= 0.6 is 0 Å². The first-order valence-electron chi connectivity index (χ1n) is 7.75. The molecule has 3 nitrogen and oxygen atoms in total. The van der Waals surface area contributed by atoms with Crippen molar-refractivity contribution in [2.24, 2.45) is 0 Å². The molecule has 1 saturated carbocycles. The Morgan fingerprint density at radius 1 is 1.19 bits per heavy atom. The van der Waals surface area contributed by atoms with Gasteiger partial charge in [0.25, 0.3) is 0 Å². The number of hydrogen-bond acceptors (Lipinski definition) is 2. The van der Waals surface area contributed by atoms with Crippen molar-refractivity contribution in [3.8, 4) is 0 Å². The van der Waals surface area contributed by atoms with Gasteiger partial charge in [-0.25, -0.2) is 9.37 Å². The van der Waals surface area contributed by atoms with Gasteiger partial charge >= 0.3 is 0 Å². The third-order valence-electron chi connectivity index (χ3n) is 4.10. The maximum absolute atomic E-state index is 13.0. The summed E-state index contributed by atoms with van der Waals surface area (Å²) in [5, 5.41) is 3.58. The summed E-state index contributed by atoms with van der Waals surface area (Å²) in [6, 6.07) is 7.21. The molecule has 1 N–H and O–H groups in total. The highest BCUT2D eigenvalue weighted by Gasteiger charge is 2.16. The van der Waals surface area contributed by atoms with E-state index in [-0.39, 0.29) is 5.82 Å². The quantitative estimate of drug-likeness (QED) is 0.916. The molecule has 3 rings (SSSR count). The molecule has 1 aromatic heterocycles. The van der Waals surface area contributed by atoms with Crippen molar-refractivity contribution in [3.05, 3.63) is 47.5 Å². The Morgan fingerprint density at radius 2 is 1.90 bits per heavy atom. The molecule has 0 bridgehead atoms. The van der Waals surface area contributed by atoms with E-state index >= 15 is 0 Å². The lowest BCUT2D eigenvalue weighted by Gasteiger charge is -2.23. The molecule has 2 aromatic rings. The predicted molar refractivity (Wildman–Crippen MR) is 83.0 cm³/mol. The van der Waals surface area contributed by atoms with E-state index in [1.807, 2.05) is 19.1 Å². The summed E-state index contributed by atoms with van der Waals surface area (Å²) in [6.07, 6.45) is 8.45. The second kappa shape index (κ2) is 6.29. The van der Waals surface area contributed by atoms with Gasteiger partial charge in [0.15, 0.2) is 0 Å². The van der Waals surface area contributed by atoms with Gasteiger partial charge in [-0.15, -0.1) is 0 Å². The molecule has 0 spiro atoms. The molecule has 112 valence electrons. The summed E-state index contributed by atoms with van der Waals surface area (Å²) >= 11 is 0. The van der Waals surface area contributed by atoms with Crippen LogP contribution in [0.5, 0.6) is 0 Å². The molecule has 0 saturated heterocycles. The second-order valence-electron chi connectivity index (χ2n) is 5.94. The summed E-state index contributed by atoms with van der Waals surface area (Å²) in [5.41, 5.74) is 2.09. The third-order valence-corrected chi connectivity index (χ3v) is 4.10. The van der Waals surface area contributed by atoms with E-state index in [1.54, 1.807) is 0 Å². The lowest BCUT2D eigenvalue weighted by molar-refractivity contribution is 0.459. The summed E-state index contributed by atoms with van der Waals surface area (Å²) in [4.78, 5) is 4.60. The van der Waals surface area contributed by atoms with Gasteiger partial charge in [0.1, 0.15) is 5.82 Å². The highest BCUT2D eigenvalue weighted by Crippen LogP contribution is 2.22. The molecule has 1 fully saturated rings. The van der Waals surface area contributed by atoms with Crippen molar-refractivity contribution < 1.29 is 4.39 Å². The summed E-state index contributed by atoms with van der Waals surface area (Å²) in [5.74, 6) is 0.741. The lowest BCUT2D eigenvalue weighted by Crippen LogP contribution is -2.24. The van der Waals surface area contributed by atoms with Crippen molar-refractivity contribution in [3.63, 3.8) is 0 Å². The van der Waals surface area contributed by atoms with E-state index in [2.05, 4.69) is 21.1 Å². The van der Waals surface area contributed by atoms with Crippen LogP contribution in [0.2, 0.25) is 0 Å². The summed E-state index contributed by atoms with van der Waals surface area (Å²) in [6.45, 7) is 2.73. The monoisotopic (exact) mass is 287 g/mol. The predicted octanol–water partition coefficient (Wildman–Crippen LogP) is 4.12. The Bertz CT molecular complexity index is 583. The minimum absolute atomic E-state index is 0.193. The molecule has 4 heteroatoms. The van der Waals surface area contributed by atoms with Crippen molar-refractivity contribution in [2.75, 3.05) is 5.32 Å². The van der Waals surface area contributed by atoms with Gasteiger partial charge in [0.05, 0.1) is 12.2 Å². The van der Waals surface area contributed by atoms with Crippen LogP contribution in [0.1, 0.15) is 43.4 Å². The van der Waals surface area contributed by atoms with Crippen molar-refractivity contribution >= 4 is 5.95 Å². The third kappa shape index (κ3) is 3.63. The molecule has 0 radical (unpaired) electrons. The number of nitrogens with zero attached hydrogens (tertiary/aromatic N) is 2. The minimum atomic E-state index is -0.193. The van der Waals surface area contributed by atoms with Crippen LogP contribution in [-0.2, 0) is 6.54 Å². The number of anilines is 1. The second-order valence-corrected chi connectivity index (χ2v) is 5.94. The van der Waals surface area contributed by atoms with Crippen LogP contribution in [-0.4, -0.2) is 15.6 Å². The zero-order valence-electron chi connectivity index (χ0n) is 12.5. The number of aromatic nitrogens is 2. The van der Waals surface area contributed by atoms with E-state index in [1.165, 1.54) is 44.2 Å². The van der Waals surface area contributed by atoms with E-state index in [0.29, 0.717) is 6.04 Å². The SMILES string of the molecule is Cc1cn(Cc2ccc(F)cc2)c(NC2CCCCC2)n1. The van der Waals surface area contributed by atoms with Gasteiger partial charge in [-0.1, -0.05) is 31.4 Å². The Balaban J connectivity index is 1.73. The molecule has 0 atom stereocenters. The number of hydrogen-bond donors (Lipinski definition) is 1. The van der Waals surface area contributed by atoms with Crippen molar-refractivity contribution in [2.45, 2.75) is 51.6 Å². The molecule has 0 unspecified atom stereocenters. The van der Waals surface area contributed by atoms with Crippen LogP contribution in [0.15, 0.2) is 30.5 Å². The number of aryl methyl sites for hydroxylation is 1.